The summed E-state index contributed by atoms with van der Waals surface area (Å²) >= 11 is 0. The Morgan fingerprint density at radius 1 is 0.952 bits per heavy atom. The van der Waals surface area contributed by atoms with Crippen LogP contribution in [0.4, 0.5) is 5.69 Å². The Morgan fingerprint density at radius 3 is 2.24 bits per heavy atom. The largest absolute Gasteiger partial charge is 0.349 e. The molecule has 1 aromatic rings. The minimum atomic E-state index is -0.846. The molecular formula is C15H17N3O3. The van der Waals surface area contributed by atoms with E-state index in [0.717, 1.165) is 0 Å². The predicted molar refractivity (Wildman–Crippen MR) is 80.8 cm³/mol. The normalized spacial score (nSPS) is 9.33. The minimum absolute atomic E-state index is 0.188. The molecule has 0 aliphatic heterocycles. The van der Waals surface area contributed by atoms with Crippen LogP contribution in [0.2, 0.25) is 0 Å². The van der Waals surface area contributed by atoms with Crippen molar-refractivity contribution in [3.8, 4) is 0 Å². The molecule has 3 amide bonds. The van der Waals surface area contributed by atoms with E-state index in [1.54, 1.807) is 30.3 Å². The van der Waals surface area contributed by atoms with Crippen LogP contribution in [-0.2, 0) is 9.59 Å². The molecule has 6 nitrogen and oxygen atoms in total. The summed E-state index contributed by atoms with van der Waals surface area (Å²) in [5.74, 6) is -2.01. The topological polar surface area (TPSA) is 87.3 Å². The van der Waals surface area contributed by atoms with Gasteiger partial charge in [0.2, 0.25) is 0 Å². The highest BCUT2D eigenvalue weighted by Crippen LogP contribution is 2.14. The Hall–Kier alpha value is -2.89. The van der Waals surface area contributed by atoms with Crippen LogP contribution in [0.3, 0.4) is 0 Å². The van der Waals surface area contributed by atoms with Crippen LogP contribution < -0.4 is 16.0 Å². The van der Waals surface area contributed by atoms with E-state index in [4.69, 9.17) is 0 Å². The molecule has 0 radical (unpaired) electrons. The van der Waals surface area contributed by atoms with E-state index in [1.165, 1.54) is 6.08 Å². The van der Waals surface area contributed by atoms with Crippen molar-refractivity contribution < 1.29 is 14.4 Å². The summed E-state index contributed by atoms with van der Waals surface area (Å²) in [7, 11) is 0. The Bertz CT molecular complexity index is 567. The lowest BCUT2D eigenvalue weighted by molar-refractivity contribution is -0.136. The first-order valence-corrected chi connectivity index (χ1v) is 6.28. The number of para-hydroxylation sites is 1. The third-order valence-corrected chi connectivity index (χ3v) is 2.44. The van der Waals surface area contributed by atoms with Crippen molar-refractivity contribution in [2.45, 2.75) is 0 Å². The zero-order chi connectivity index (χ0) is 15.7. The SMILES string of the molecule is C=CCNC(=O)C(=O)Nc1ccccc1C(=O)NCC=C. The molecule has 0 heterocycles. The van der Waals surface area contributed by atoms with Gasteiger partial charge in [-0.2, -0.15) is 0 Å². The Morgan fingerprint density at radius 2 is 1.57 bits per heavy atom. The zero-order valence-corrected chi connectivity index (χ0v) is 11.5. The van der Waals surface area contributed by atoms with Crippen LogP contribution in [0.5, 0.6) is 0 Å². The first-order valence-electron chi connectivity index (χ1n) is 6.28. The second-order valence-corrected chi connectivity index (χ2v) is 4.00. The average molecular weight is 287 g/mol. The first-order chi connectivity index (χ1) is 10.1. The highest BCUT2D eigenvalue weighted by molar-refractivity contribution is 6.40. The number of amides is 3. The van der Waals surface area contributed by atoms with Gasteiger partial charge in [0, 0.05) is 13.1 Å². The lowest BCUT2D eigenvalue weighted by Gasteiger charge is -2.10. The van der Waals surface area contributed by atoms with E-state index in [9.17, 15) is 14.4 Å². The van der Waals surface area contributed by atoms with Gasteiger partial charge >= 0.3 is 11.8 Å². The molecule has 0 spiro atoms. The van der Waals surface area contributed by atoms with E-state index in [0.29, 0.717) is 6.54 Å². The molecular weight excluding hydrogens is 270 g/mol. The molecule has 0 aliphatic carbocycles. The van der Waals surface area contributed by atoms with Crippen molar-refractivity contribution in [2.75, 3.05) is 18.4 Å². The molecule has 0 fully saturated rings. The number of carbonyl (C=O) groups is 3. The number of hydrogen-bond acceptors (Lipinski definition) is 3. The number of hydrogen-bond donors (Lipinski definition) is 3. The quantitative estimate of drug-likeness (QED) is 0.535. The molecule has 1 rings (SSSR count). The Labute approximate surface area is 122 Å². The van der Waals surface area contributed by atoms with Crippen LogP contribution in [-0.4, -0.2) is 30.8 Å². The molecule has 21 heavy (non-hydrogen) atoms. The average Bonchev–Trinajstić information content (AvgIpc) is 2.50. The Balaban J connectivity index is 2.81. The van der Waals surface area contributed by atoms with Crippen LogP contribution in [0, 0.1) is 0 Å². The number of benzene rings is 1. The first kappa shape index (κ1) is 16.2. The molecule has 110 valence electrons. The molecule has 0 bridgehead atoms. The number of anilines is 1. The van der Waals surface area contributed by atoms with E-state index >= 15 is 0 Å². The van der Waals surface area contributed by atoms with Gasteiger partial charge in [0.25, 0.3) is 5.91 Å². The van der Waals surface area contributed by atoms with Gasteiger partial charge < -0.3 is 16.0 Å². The van der Waals surface area contributed by atoms with Crippen molar-refractivity contribution in [1.29, 1.82) is 0 Å². The van der Waals surface area contributed by atoms with E-state index in [1.807, 2.05) is 0 Å². The third kappa shape index (κ3) is 4.94. The molecule has 0 atom stereocenters. The number of nitrogens with one attached hydrogen (secondary N) is 3. The second kappa shape index (κ2) is 8.31. The van der Waals surface area contributed by atoms with Crippen molar-refractivity contribution in [3.63, 3.8) is 0 Å². The summed E-state index contributed by atoms with van der Waals surface area (Å²) in [5, 5.41) is 7.36. The molecule has 6 heteroatoms. The monoisotopic (exact) mass is 287 g/mol. The molecule has 0 unspecified atom stereocenters. The predicted octanol–water partition coefficient (Wildman–Crippen LogP) is 0.843. The lowest BCUT2D eigenvalue weighted by atomic mass is 10.1. The summed E-state index contributed by atoms with van der Waals surface area (Å²) in [4.78, 5) is 35.1. The van der Waals surface area contributed by atoms with Crippen LogP contribution in [0.25, 0.3) is 0 Å². The van der Waals surface area contributed by atoms with Gasteiger partial charge in [-0.3, -0.25) is 14.4 Å². The van der Waals surface area contributed by atoms with Crippen molar-refractivity contribution in [3.05, 3.63) is 55.1 Å². The van der Waals surface area contributed by atoms with Gasteiger partial charge in [0.15, 0.2) is 0 Å². The summed E-state index contributed by atoms with van der Waals surface area (Å²) in [6.07, 6.45) is 3.00. The molecule has 0 saturated heterocycles. The minimum Gasteiger partial charge on any atom is -0.349 e. The third-order valence-electron chi connectivity index (χ3n) is 2.44. The molecule has 3 N–H and O–H groups in total. The lowest BCUT2D eigenvalue weighted by Crippen LogP contribution is -2.36. The fraction of sp³-hybridized carbons (Fsp3) is 0.133. The fourth-order valence-electron chi connectivity index (χ4n) is 1.47. The smallest absolute Gasteiger partial charge is 0.313 e. The van der Waals surface area contributed by atoms with Gasteiger partial charge in [0.05, 0.1) is 11.3 Å². The van der Waals surface area contributed by atoms with Crippen molar-refractivity contribution in [2.24, 2.45) is 0 Å². The molecule has 0 saturated carbocycles. The van der Waals surface area contributed by atoms with Crippen LogP contribution in [0.1, 0.15) is 10.4 Å². The van der Waals surface area contributed by atoms with Crippen molar-refractivity contribution >= 4 is 23.4 Å². The number of carbonyl (C=O) groups excluding carboxylic acids is 3. The van der Waals surface area contributed by atoms with Gasteiger partial charge in [-0.15, -0.1) is 13.2 Å². The Kier molecular flexibility index (Phi) is 6.40. The van der Waals surface area contributed by atoms with Gasteiger partial charge in [-0.1, -0.05) is 24.3 Å². The highest BCUT2D eigenvalue weighted by atomic mass is 16.2. The molecule has 0 aromatic heterocycles. The van der Waals surface area contributed by atoms with Crippen LogP contribution >= 0.6 is 0 Å². The zero-order valence-electron chi connectivity index (χ0n) is 11.5. The maximum Gasteiger partial charge on any atom is 0.313 e. The molecule has 0 aliphatic rings. The van der Waals surface area contributed by atoms with E-state index in [2.05, 4.69) is 29.1 Å². The summed E-state index contributed by atoms with van der Waals surface area (Å²) in [5.41, 5.74) is 0.530. The summed E-state index contributed by atoms with van der Waals surface area (Å²) in [6, 6.07) is 6.41. The standard InChI is InChI=1S/C15H17N3O3/c1-3-9-16-13(19)11-7-5-6-8-12(11)18-15(21)14(20)17-10-4-2/h3-8H,1-2,9-10H2,(H,16,19)(H,17,20)(H,18,21). The number of rotatable bonds is 6. The van der Waals surface area contributed by atoms with Gasteiger partial charge in [-0.05, 0) is 12.1 Å². The maximum absolute atomic E-state index is 11.9. The summed E-state index contributed by atoms with van der Waals surface area (Å²) in [6.45, 7) is 7.43. The molecule has 1 aromatic carbocycles. The van der Waals surface area contributed by atoms with Crippen LogP contribution in [0.15, 0.2) is 49.6 Å². The maximum atomic E-state index is 11.9. The fourth-order valence-corrected chi connectivity index (χ4v) is 1.47. The van der Waals surface area contributed by atoms with Crippen molar-refractivity contribution in [1.82, 2.24) is 10.6 Å². The second-order valence-electron chi connectivity index (χ2n) is 4.00. The van der Waals surface area contributed by atoms with E-state index in [-0.39, 0.29) is 23.7 Å². The van der Waals surface area contributed by atoms with E-state index < -0.39 is 11.8 Å². The van der Waals surface area contributed by atoms with Gasteiger partial charge in [0.1, 0.15) is 0 Å². The van der Waals surface area contributed by atoms with Gasteiger partial charge in [-0.25, -0.2) is 0 Å². The summed E-state index contributed by atoms with van der Waals surface area (Å²) < 4.78 is 0. The highest BCUT2D eigenvalue weighted by Gasteiger charge is 2.16.